The van der Waals surface area contributed by atoms with Crippen molar-refractivity contribution < 1.29 is 22.3 Å². The molecule has 39 heavy (non-hydrogen) atoms. The van der Waals surface area contributed by atoms with E-state index in [0.29, 0.717) is 30.7 Å². The first-order valence-corrected chi connectivity index (χ1v) is 15.5. The van der Waals surface area contributed by atoms with Crippen molar-refractivity contribution in [1.29, 1.82) is 0 Å². The van der Waals surface area contributed by atoms with Crippen molar-refractivity contribution in [2.45, 2.75) is 50.6 Å². The number of carbonyl (C=O) groups excluding carboxylic acids is 1. The van der Waals surface area contributed by atoms with Crippen molar-refractivity contribution in [2.24, 2.45) is 5.92 Å². The molecule has 0 spiro atoms. The zero-order valence-corrected chi connectivity index (χ0v) is 23.4. The molecule has 0 radical (unpaired) electrons. The molecule has 2 aromatic rings. The van der Waals surface area contributed by atoms with E-state index < -0.39 is 21.8 Å². The predicted octanol–water partition coefficient (Wildman–Crippen LogP) is 2.93. The number of piperidine rings is 1. The van der Waals surface area contributed by atoms with Crippen LogP contribution in [0, 0.1) is 11.7 Å². The van der Waals surface area contributed by atoms with E-state index in [9.17, 15) is 17.6 Å². The summed E-state index contributed by atoms with van der Waals surface area (Å²) in [6, 6.07) is 4.52. The van der Waals surface area contributed by atoms with E-state index in [0.717, 1.165) is 69.7 Å². The molecule has 1 aromatic carbocycles. The number of hydrogen-bond acceptors (Lipinski definition) is 9. The number of sulfonamides is 1. The molecular weight excluding hydrogens is 523 g/mol. The molecule has 0 amide bonds. The Hall–Kier alpha value is -2.83. The van der Waals surface area contributed by atoms with Gasteiger partial charge < -0.3 is 19.4 Å². The van der Waals surface area contributed by atoms with Gasteiger partial charge in [0.15, 0.2) is 5.82 Å². The number of fused-ring (bicyclic) bond motifs is 1. The van der Waals surface area contributed by atoms with Crippen LogP contribution in [0.25, 0.3) is 0 Å². The molecule has 1 aliphatic carbocycles. The fraction of sp³-hybridized carbons (Fsp3) is 0.593. The average molecular weight is 561 g/mol. The summed E-state index contributed by atoms with van der Waals surface area (Å²) in [4.78, 5) is 28.2. The van der Waals surface area contributed by atoms with Gasteiger partial charge in [0.1, 0.15) is 17.8 Å². The third kappa shape index (κ3) is 6.50. The molecule has 2 fully saturated rings. The van der Waals surface area contributed by atoms with Crippen LogP contribution in [0.15, 0.2) is 30.7 Å². The number of nitrogens with one attached hydrogen (secondary N) is 1. The summed E-state index contributed by atoms with van der Waals surface area (Å²) in [5.74, 6) is 0.304. The number of halogens is 1. The first-order chi connectivity index (χ1) is 18.7. The van der Waals surface area contributed by atoms with E-state index in [1.165, 1.54) is 25.5 Å². The number of aromatic nitrogens is 2. The molecule has 3 aliphatic rings. The Kier molecular flexibility index (Phi) is 8.34. The second-order valence-electron chi connectivity index (χ2n) is 10.9. The normalized spacial score (nSPS) is 24.3. The van der Waals surface area contributed by atoms with Crippen LogP contribution in [-0.4, -0.2) is 87.4 Å². The minimum absolute atomic E-state index is 0.0543. The lowest BCUT2D eigenvalue weighted by Gasteiger charge is -2.45. The first kappa shape index (κ1) is 27.7. The summed E-state index contributed by atoms with van der Waals surface area (Å²) in [5, 5.41) is 0. The number of nitrogens with zero attached hydrogens (tertiary/aromatic N) is 5. The molecule has 1 saturated heterocycles. The standard InChI is InChI=1S/C27H37FN6O4S/c1-38-27(35)23-14-20(28)7-10-24(23)34-13-12-33(26-25(34)15-29-18-30-26)22-4-3-11-32(17-22)16-19-5-8-21(9-6-19)31-39(2,36)37/h7,10,14-15,18-19,21-22,31H,3-6,8-9,11-13,16-17H2,1-2H3. The average Bonchev–Trinajstić information content (AvgIpc) is 2.92. The third-order valence-corrected chi connectivity index (χ3v) is 8.88. The number of carbonyl (C=O) groups is 1. The van der Waals surface area contributed by atoms with Crippen LogP contribution in [0.4, 0.5) is 21.6 Å². The molecule has 1 aromatic heterocycles. The van der Waals surface area contributed by atoms with Crippen molar-refractivity contribution >= 4 is 33.2 Å². The van der Waals surface area contributed by atoms with Gasteiger partial charge in [-0.05, 0) is 69.2 Å². The van der Waals surface area contributed by atoms with Gasteiger partial charge in [0.25, 0.3) is 0 Å². The van der Waals surface area contributed by atoms with E-state index in [1.807, 2.05) is 4.90 Å². The first-order valence-electron chi connectivity index (χ1n) is 13.6. The van der Waals surface area contributed by atoms with Crippen molar-refractivity contribution in [2.75, 3.05) is 55.9 Å². The highest BCUT2D eigenvalue weighted by Gasteiger charge is 2.35. The molecule has 3 heterocycles. The molecule has 1 atom stereocenters. The van der Waals surface area contributed by atoms with Gasteiger partial charge in [0.2, 0.25) is 10.0 Å². The molecular formula is C27H37FN6O4S. The number of ether oxygens (including phenoxy) is 1. The minimum Gasteiger partial charge on any atom is -0.465 e. The monoisotopic (exact) mass is 560 g/mol. The van der Waals surface area contributed by atoms with Crippen LogP contribution in [0.3, 0.4) is 0 Å². The van der Waals surface area contributed by atoms with Gasteiger partial charge in [-0.2, -0.15) is 0 Å². The number of esters is 1. The summed E-state index contributed by atoms with van der Waals surface area (Å²) < 4.78 is 44.8. The summed E-state index contributed by atoms with van der Waals surface area (Å²) in [7, 11) is -1.87. The molecule has 0 bridgehead atoms. The fourth-order valence-electron chi connectivity index (χ4n) is 6.37. The van der Waals surface area contributed by atoms with Gasteiger partial charge in [-0.15, -0.1) is 0 Å². The van der Waals surface area contributed by atoms with Gasteiger partial charge in [-0.1, -0.05) is 0 Å². The van der Waals surface area contributed by atoms with Crippen molar-refractivity contribution in [1.82, 2.24) is 19.6 Å². The van der Waals surface area contributed by atoms with Gasteiger partial charge in [-0.25, -0.2) is 32.3 Å². The van der Waals surface area contributed by atoms with Crippen molar-refractivity contribution in [3.63, 3.8) is 0 Å². The maximum atomic E-state index is 14.0. The second kappa shape index (κ2) is 11.7. The van der Waals surface area contributed by atoms with Gasteiger partial charge >= 0.3 is 5.97 Å². The molecule has 10 nitrogen and oxygen atoms in total. The molecule has 2 aliphatic heterocycles. The molecule has 1 saturated carbocycles. The number of benzene rings is 1. The van der Waals surface area contributed by atoms with Crippen LogP contribution in [0.5, 0.6) is 0 Å². The third-order valence-electron chi connectivity index (χ3n) is 8.12. The Labute approximate surface area is 229 Å². The van der Waals surface area contributed by atoms with E-state index in [1.54, 1.807) is 18.6 Å². The molecule has 212 valence electrons. The lowest BCUT2D eigenvalue weighted by Crippen LogP contribution is -2.53. The van der Waals surface area contributed by atoms with Gasteiger partial charge in [0, 0.05) is 38.3 Å². The molecule has 1 N–H and O–H groups in total. The van der Waals surface area contributed by atoms with Crippen LogP contribution < -0.4 is 14.5 Å². The fourth-order valence-corrected chi connectivity index (χ4v) is 7.21. The zero-order chi connectivity index (χ0) is 27.6. The van der Waals surface area contributed by atoms with Crippen LogP contribution in [-0.2, 0) is 14.8 Å². The van der Waals surface area contributed by atoms with Gasteiger partial charge in [0.05, 0.1) is 30.8 Å². The lowest BCUT2D eigenvalue weighted by molar-refractivity contribution is 0.0601. The number of hydrogen-bond donors (Lipinski definition) is 1. The number of methoxy groups -OCH3 is 1. The molecule has 1 unspecified atom stereocenters. The van der Waals surface area contributed by atoms with E-state index in [4.69, 9.17) is 4.74 Å². The highest BCUT2D eigenvalue weighted by atomic mass is 32.2. The highest BCUT2D eigenvalue weighted by molar-refractivity contribution is 7.88. The van der Waals surface area contributed by atoms with E-state index >= 15 is 0 Å². The molecule has 5 rings (SSSR count). The summed E-state index contributed by atoms with van der Waals surface area (Å²) >= 11 is 0. The zero-order valence-electron chi connectivity index (χ0n) is 22.6. The number of rotatable bonds is 7. The SMILES string of the molecule is COC(=O)c1cc(F)ccc1N1CCN(C2CCCN(CC3CCC(NS(C)(=O)=O)CC3)C2)c2ncncc21. The van der Waals surface area contributed by atoms with Gasteiger partial charge in [-0.3, -0.25) is 0 Å². The number of likely N-dealkylation sites (tertiary alicyclic amines) is 1. The predicted molar refractivity (Wildman–Crippen MR) is 147 cm³/mol. The maximum Gasteiger partial charge on any atom is 0.340 e. The Morgan fingerprint density at radius 3 is 2.67 bits per heavy atom. The second-order valence-corrected chi connectivity index (χ2v) is 12.7. The number of anilines is 3. The smallest absolute Gasteiger partial charge is 0.340 e. The lowest BCUT2D eigenvalue weighted by atomic mass is 9.85. The van der Waals surface area contributed by atoms with Crippen LogP contribution in [0.2, 0.25) is 0 Å². The Morgan fingerprint density at radius 1 is 1.13 bits per heavy atom. The van der Waals surface area contributed by atoms with E-state index in [-0.39, 0.29) is 11.6 Å². The van der Waals surface area contributed by atoms with Crippen molar-refractivity contribution in [3.05, 3.63) is 42.1 Å². The maximum absolute atomic E-state index is 14.0. The summed E-state index contributed by atoms with van der Waals surface area (Å²) in [5.41, 5.74) is 1.53. The van der Waals surface area contributed by atoms with Crippen molar-refractivity contribution in [3.8, 4) is 0 Å². The van der Waals surface area contributed by atoms with E-state index in [2.05, 4.69) is 24.5 Å². The summed E-state index contributed by atoms with van der Waals surface area (Å²) in [6.45, 7) is 4.34. The van der Waals surface area contributed by atoms with Crippen LogP contribution >= 0.6 is 0 Å². The Bertz CT molecular complexity index is 1290. The Morgan fingerprint density at radius 2 is 1.92 bits per heavy atom. The largest absolute Gasteiger partial charge is 0.465 e. The van der Waals surface area contributed by atoms with Crippen LogP contribution in [0.1, 0.15) is 48.9 Å². The molecule has 12 heteroatoms. The highest BCUT2D eigenvalue weighted by Crippen LogP contribution is 2.39. The Balaban J connectivity index is 1.28. The quantitative estimate of drug-likeness (QED) is 0.512. The summed E-state index contributed by atoms with van der Waals surface area (Å²) in [6.07, 6.45) is 10.5. The minimum atomic E-state index is -3.16. The topological polar surface area (TPSA) is 108 Å².